The van der Waals surface area contributed by atoms with E-state index in [1.807, 2.05) is 0 Å². The smallest absolute Gasteiger partial charge is 0.222 e. The summed E-state index contributed by atoms with van der Waals surface area (Å²) in [5.74, 6) is 0.374. The second-order valence-electron chi connectivity index (χ2n) is 4.53. The molecule has 0 aromatic carbocycles. The van der Waals surface area contributed by atoms with Gasteiger partial charge in [0.15, 0.2) is 0 Å². The lowest BCUT2D eigenvalue weighted by Gasteiger charge is -2.40. The molecule has 1 amide bonds. The maximum Gasteiger partial charge on any atom is 0.222 e. The van der Waals surface area contributed by atoms with E-state index in [4.69, 9.17) is 0 Å². The Morgan fingerprint density at radius 3 is 3.00 bits per heavy atom. The van der Waals surface area contributed by atoms with Crippen LogP contribution in [-0.4, -0.2) is 47.4 Å². The predicted octanol–water partition coefficient (Wildman–Crippen LogP) is 1.09. The molecule has 80 valence electrons. The van der Waals surface area contributed by atoms with E-state index in [0.717, 1.165) is 32.5 Å². The van der Waals surface area contributed by atoms with Gasteiger partial charge in [0.05, 0.1) is 0 Å². The molecule has 0 N–H and O–H groups in total. The highest BCUT2D eigenvalue weighted by Gasteiger charge is 2.36. The lowest BCUT2D eigenvalue weighted by molar-refractivity contribution is -0.131. The summed E-state index contributed by atoms with van der Waals surface area (Å²) in [6, 6.07) is 1.19. The van der Waals surface area contributed by atoms with E-state index < -0.39 is 0 Å². The highest BCUT2D eigenvalue weighted by atomic mass is 16.2. The van der Waals surface area contributed by atoms with Crippen molar-refractivity contribution in [1.29, 1.82) is 0 Å². The van der Waals surface area contributed by atoms with Crippen molar-refractivity contribution in [2.45, 2.75) is 45.2 Å². The Kier molecular flexibility index (Phi) is 2.77. The zero-order chi connectivity index (χ0) is 10.1. The maximum atomic E-state index is 11.5. The number of hydrogen-bond donors (Lipinski definition) is 0. The SMILES string of the molecule is CCC(C)N1CCN2C(=O)CCC2C1. The zero-order valence-corrected chi connectivity index (χ0v) is 9.20. The lowest BCUT2D eigenvalue weighted by atomic mass is 10.1. The van der Waals surface area contributed by atoms with Crippen molar-refractivity contribution in [2.75, 3.05) is 19.6 Å². The average molecular weight is 196 g/mol. The fourth-order valence-corrected chi connectivity index (χ4v) is 2.55. The number of carbonyl (C=O) groups excluding carboxylic acids is 1. The van der Waals surface area contributed by atoms with Gasteiger partial charge in [-0.3, -0.25) is 9.69 Å². The Hall–Kier alpha value is -0.570. The monoisotopic (exact) mass is 196 g/mol. The molecule has 0 saturated carbocycles. The zero-order valence-electron chi connectivity index (χ0n) is 9.20. The minimum absolute atomic E-state index is 0.374. The average Bonchev–Trinajstić information content (AvgIpc) is 2.59. The van der Waals surface area contributed by atoms with Crippen LogP contribution >= 0.6 is 0 Å². The van der Waals surface area contributed by atoms with E-state index in [9.17, 15) is 4.79 Å². The third kappa shape index (κ3) is 1.65. The van der Waals surface area contributed by atoms with Crippen LogP contribution in [0.2, 0.25) is 0 Å². The summed E-state index contributed by atoms with van der Waals surface area (Å²) >= 11 is 0. The lowest BCUT2D eigenvalue weighted by Crippen LogP contribution is -2.53. The fourth-order valence-electron chi connectivity index (χ4n) is 2.55. The van der Waals surface area contributed by atoms with Crippen LogP contribution in [0, 0.1) is 0 Å². The van der Waals surface area contributed by atoms with E-state index in [0.29, 0.717) is 18.0 Å². The number of rotatable bonds is 2. The molecule has 2 unspecified atom stereocenters. The Morgan fingerprint density at radius 2 is 2.29 bits per heavy atom. The molecule has 2 aliphatic rings. The van der Waals surface area contributed by atoms with Gasteiger partial charge in [-0.25, -0.2) is 0 Å². The molecule has 0 aromatic heterocycles. The minimum atomic E-state index is 0.374. The van der Waals surface area contributed by atoms with Crippen molar-refractivity contribution in [3.63, 3.8) is 0 Å². The van der Waals surface area contributed by atoms with Gasteiger partial charge in [0.1, 0.15) is 0 Å². The Bertz CT molecular complexity index is 229. The summed E-state index contributed by atoms with van der Waals surface area (Å²) in [5.41, 5.74) is 0. The molecule has 3 heteroatoms. The van der Waals surface area contributed by atoms with Gasteiger partial charge in [0, 0.05) is 38.1 Å². The molecule has 0 bridgehead atoms. The van der Waals surface area contributed by atoms with Gasteiger partial charge < -0.3 is 4.90 Å². The first kappa shape index (κ1) is 9.97. The number of fused-ring (bicyclic) bond motifs is 1. The van der Waals surface area contributed by atoms with Crippen LogP contribution in [0.4, 0.5) is 0 Å². The van der Waals surface area contributed by atoms with Gasteiger partial charge in [-0.15, -0.1) is 0 Å². The molecule has 2 rings (SSSR count). The summed E-state index contributed by atoms with van der Waals surface area (Å²) in [4.78, 5) is 16.1. The Labute approximate surface area is 86.1 Å². The third-order valence-electron chi connectivity index (χ3n) is 3.74. The van der Waals surface area contributed by atoms with Crippen molar-refractivity contribution in [1.82, 2.24) is 9.80 Å². The van der Waals surface area contributed by atoms with Gasteiger partial charge >= 0.3 is 0 Å². The first-order valence-electron chi connectivity index (χ1n) is 5.76. The Morgan fingerprint density at radius 1 is 1.50 bits per heavy atom. The summed E-state index contributed by atoms with van der Waals surface area (Å²) < 4.78 is 0. The number of nitrogens with zero attached hydrogens (tertiary/aromatic N) is 2. The maximum absolute atomic E-state index is 11.5. The quantitative estimate of drug-likeness (QED) is 0.660. The third-order valence-corrected chi connectivity index (χ3v) is 3.74. The molecule has 2 heterocycles. The van der Waals surface area contributed by atoms with Crippen LogP contribution in [0.1, 0.15) is 33.1 Å². The molecule has 2 fully saturated rings. The van der Waals surface area contributed by atoms with Crippen molar-refractivity contribution in [3.05, 3.63) is 0 Å². The summed E-state index contributed by atoms with van der Waals surface area (Å²) in [5, 5.41) is 0. The summed E-state index contributed by atoms with van der Waals surface area (Å²) in [6.07, 6.45) is 3.06. The number of carbonyl (C=O) groups is 1. The first-order valence-corrected chi connectivity index (χ1v) is 5.76. The van der Waals surface area contributed by atoms with E-state index in [1.54, 1.807) is 0 Å². The molecule has 0 spiro atoms. The van der Waals surface area contributed by atoms with Gasteiger partial charge in [0.2, 0.25) is 5.91 Å². The largest absolute Gasteiger partial charge is 0.337 e. The molecular formula is C11H20N2O. The van der Waals surface area contributed by atoms with Gasteiger partial charge in [-0.2, -0.15) is 0 Å². The van der Waals surface area contributed by atoms with Gasteiger partial charge in [-0.1, -0.05) is 6.92 Å². The molecule has 2 aliphatic heterocycles. The van der Waals surface area contributed by atoms with Crippen molar-refractivity contribution < 1.29 is 4.79 Å². The normalized spacial score (nSPS) is 30.6. The van der Waals surface area contributed by atoms with E-state index in [1.165, 1.54) is 6.42 Å². The van der Waals surface area contributed by atoms with Crippen molar-refractivity contribution >= 4 is 5.91 Å². The van der Waals surface area contributed by atoms with Crippen LogP contribution in [-0.2, 0) is 4.79 Å². The van der Waals surface area contributed by atoms with Crippen LogP contribution < -0.4 is 0 Å². The molecular weight excluding hydrogens is 176 g/mol. The minimum Gasteiger partial charge on any atom is -0.337 e. The second-order valence-corrected chi connectivity index (χ2v) is 4.53. The molecule has 0 radical (unpaired) electrons. The predicted molar refractivity (Wildman–Crippen MR) is 56.1 cm³/mol. The van der Waals surface area contributed by atoms with Crippen LogP contribution in [0.5, 0.6) is 0 Å². The molecule has 3 nitrogen and oxygen atoms in total. The van der Waals surface area contributed by atoms with E-state index >= 15 is 0 Å². The van der Waals surface area contributed by atoms with Crippen molar-refractivity contribution in [2.24, 2.45) is 0 Å². The standard InChI is InChI=1S/C11H20N2O/c1-3-9(2)12-6-7-13-10(8-12)4-5-11(13)14/h9-10H,3-8H2,1-2H3. The second kappa shape index (κ2) is 3.89. The molecule has 0 aliphatic carbocycles. The fraction of sp³-hybridized carbons (Fsp3) is 0.909. The highest BCUT2D eigenvalue weighted by Crippen LogP contribution is 2.24. The topological polar surface area (TPSA) is 23.6 Å². The number of hydrogen-bond acceptors (Lipinski definition) is 2. The highest BCUT2D eigenvalue weighted by molar-refractivity contribution is 5.78. The van der Waals surface area contributed by atoms with Crippen molar-refractivity contribution in [3.8, 4) is 0 Å². The molecule has 2 atom stereocenters. The number of amides is 1. The Balaban J connectivity index is 1.95. The molecule has 0 aromatic rings. The summed E-state index contributed by atoms with van der Waals surface area (Å²) in [6.45, 7) is 7.63. The van der Waals surface area contributed by atoms with Gasteiger partial charge in [0.25, 0.3) is 0 Å². The van der Waals surface area contributed by atoms with E-state index in [2.05, 4.69) is 23.6 Å². The van der Waals surface area contributed by atoms with Crippen LogP contribution in [0.25, 0.3) is 0 Å². The molecule has 2 saturated heterocycles. The molecule has 14 heavy (non-hydrogen) atoms. The van der Waals surface area contributed by atoms with E-state index in [-0.39, 0.29) is 0 Å². The number of piperazine rings is 1. The van der Waals surface area contributed by atoms with Crippen LogP contribution in [0.3, 0.4) is 0 Å². The van der Waals surface area contributed by atoms with Gasteiger partial charge in [-0.05, 0) is 19.8 Å². The first-order chi connectivity index (χ1) is 6.72. The van der Waals surface area contributed by atoms with Crippen LogP contribution in [0.15, 0.2) is 0 Å². The summed E-state index contributed by atoms with van der Waals surface area (Å²) in [7, 11) is 0.